The minimum Gasteiger partial charge on any atom is -0.303 e. The molecule has 1 aromatic rings. The number of nitrogens with zero attached hydrogens (tertiary/aromatic N) is 2. The number of aromatic nitrogens is 2. The number of hydrogen-bond donors (Lipinski definition) is 0. The van der Waals surface area contributed by atoms with Gasteiger partial charge in [0, 0.05) is 23.6 Å². The molecule has 92 valence electrons. The van der Waals surface area contributed by atoms with Gasteiger partial charge in [-0.05, 0) is 67.2 Å². The fourth-order valence-electron chi connectivity index (χ4n) is 3.47. The second-order valence-electron chi connectivity index (χ2n) is 5.65. The summed E-state index contributed by atoms with van der Waals surface area (Å²) in [5.41, 5.74) is 1.39. The van der Waals surface area contributed by atoms with Crippen LogP contribution in [0.4, 0.5) is 0 Å². The van der Waals surface area contributed by atoms with Crippen LogP contribution in [-0.4, -0.2) is 16.1 Å². The second-order valence-corrected chi connectivity index (χ2v) is 6.76. The van der Waals surface area contributed by atoms with Gasteiger partial charge in [-0.1, -0.05) is 0 Å². The van der Waals surface area contributed by atoms with Gasteiger partial charge in [-0.25, -0.2) is 0 Å². The number of carbonyl (C=O) groups excluding carboxylic acids is 1. The zero-order chi connectivity index (χ0) is 12.2. The molecule has 3 rings (SSSR count). The highest BCUT2D eigenvalue weighted by Gasteiger charge is 2.57. The predicted octanol–water partition coefficient (Wildman–Crippen LogP) is 3.01. The molecule has 0 spiro atoms. The Morgan fingerprint density at radius 1 is 1.47 bits per heavy atom. The first-order valence-electron chi connectivity index (χ1n) is 6.32. The number of fused-ring (bicyclic) bond motifs is 1. The molecule has 2 fully saturated rings. The van der Waals surface area contributed by atoms with Crippen LogP contribution in [0.1, 0.15) is 44.3 Å². The lowest BCUT2D eigenvalue weighted by atomic mass is 10.00. The van der Waals surface area contributed by atoms with E-state index in [1.54, 1.807) is 0 Å². The quantitative estimate of drug-likeness (QED) is 0.624. The molecular weight excluding hydrogens is 327 g/mol. The van der Waals surface area contributed by atoms with Crippen molar-refractivity contribution in [3.05, 3.63) is 15.5 Å². The van der Waals surface area contributed by atoms with Crippen LogP contribution in [0.25, 0.3) is 0 Å². The van der Waals surface area contributed by atoms with Crippen molar-refractivity contribution in [3.63, 3.8) is 0 Å². The summed E-state index contributed by atoms with van der Waals surface area (Å²) in [5, 5.41) is 4.57. The van der Waals surface area contributed by atoms with Crippen molar-refractivity contribution in [2.45, 2.75) is 38.6 Å². The third-order valence-corrected chi connectivity index (χ3v) is 4.77. The molecule has 2 unspecified atom stereocenters. The zero-order valence-electron chi connectivity index (χ0n) is 10.1. The Morgan fingerprint density at radius 2 is 2.12 bits per heavy atom. The van der Waals surface area contributed by atoms with Crippen LogP contribution < -0.4 is 0 Å². The van der Waals surface area contributed by atoms with Crippen LogP contribution >= 0.6 is 22.6 Å². The molecule has 0 bridgehead atoms. The first kappa shape index (κ1) is 11.7. The molecule has 0 saturated heterocycles. The Labute approximate surface area is 115 Å². The van der Waals surface area contributed by atoms with Gasteiger partial charge in [-0.3, -0.25) is 4.68 Å². The average Bonchev–Trinajstić information content (AvgIpc) is 2.66. The lowest BCUT2D eigenvalue weighted by Gasteiger charge is -2.13. The lowest BCUT2D eigenvalue weighted by molar-refractivity contribution is -0.111. The fourth-order valence-corrected chi connectivity index (χ4v) is 4.02. The van der Waals surface area contributed by atoms with Gasteiger partial charge < -0.3 is 4.79 Å². The van der Waals surface area contributed by atoms with Crippen molar-refractivity contribution in [3.8, 4) is 0 Å². The van der Waals surface area contributed by atoms with Crippen LogP contribution in [0.3, 0.4) is 0 Å². The molecule has 1 aromatic heterocycles. The first-order chi connectivity index (χ1) is 8.11. The van der Waals surface area contributed by atoms with Gasteiger partial charge in [0.05, 0.1) is 0 Å². The second kappa shape index (κ2) is 4.07. The molecule has 17 heavy (non-hydrogen) atoms. The molecule has 4 atom stereocenters. The van der Waals surface area contributed by atoms with E-state index in [1.807, 2.05) is 0 Å². The molecule has 0 radical (unpaired) electrons. The van der Waals surface area contributed by atoms with Crippen molar-refractivity contribution >= 4 is 28.9 Å². The molecule has 1 heterocycles. The SMILES string of the molecule is CC(C)n1nc(I)cc1C1[C@H]2CC(C=O)C[C@@H]12. The van der Waals surface area contributed by atoms with Crippen molar-refractivity contribution < 1.29 is 4.79 Å². The molecule has 2 saturated carbocycles. The van der Waals surface area contributed by atoms with Crippen LogP contribution in [0.2, 0.25) is 0 Å². The van der Waals surface area contributed by atoms with E-state index in [9.17, 15) is 4.79 Å². The van der Waals surface area contributed by atoms with Crippen LogP contribution in [-0.2, 0) is 4.79 Å². The Balaban J connectivity index is 1.82. The standard InChI is InChI=1S/C13H17IN2O/c1-7(2)16-11(5-12(14)15-16)13-9-3-8(6-17)4-10(9)13/h5-10,13H,3-4H2,1-2H3/t8?,9-,10+,13?. The van der Waals surface area contributed by atoms with Gasteiger partial charge in [0.15, 0.2) is 0 Å². The summed E-state index contributed by atoms with van der Waals surface area (Å²) in [7, 11) is 0. The lowest BCUT2D eigenvalue weighted by Crippen LogP contribution is -2.09. The summed E-state index contributed by atoms with van der Waals surface area (Å²) in [4.78, 5) is 10.8. The van der Waals surface area contributed by atoms with Gasteiger partial charge in [0.1, 0.15) is 9.99 Å². The summed E-state index contributed by atoms with van der Waals surface area (Å²) in [6.07, 6.45) is 3.34. The van der Waals surface area contributed by atoms with Gasteiger partial charge in [0.2, 0.25) is 0 Å². The van der Waals surface area contributed by atoms with Gasteiger partial charge in [0.25, 0.3) is 0 Å². The van der Waals surface area contributed by atoms with Crippen molar-refractivity contribution in [1.29, 1.82) is 0 Å². The molecule has 4 heteroatoms. The summed E-state index contributed by atoms with van der Waals surface area (Å²) >= 11 is 2.29. The third-order valence-electron chi connectivity index (χ3n) is 4.24. The Hall–Kier alpha value is -0.390. The van der Waals surface area contributed by atoms with E-state index in [4.69, 9.17) is 0 Å². The Bertz CT molecular complexity index is 442. The van der Waals surface area contributed by atoms with Crippen LogP contribution in [0.15, 0.2) is 6.07 Å². The predicted molar refractivity (Wildman–Crippen MR) is 73.8 cm³/mol. The first-order valence-corrected chi connectivity index (χ1v) is 7.40. The van der Waals surface area contributed by atoms with E-state index in [0.717, 1.165) is 34.7 Å². The molecular formula is C13H17IN2O. The van der Waals surface area contributed by atoms with E-state index in [2.05, 4.69) is 52.3 Å². The summed E-state index contributed by atoms with van der Waals surface area (Å²) < 4.78 is 3.25. The number of carbonyl (C=O) groups is 1. The number of halogens is 1. The normalized spacial score (nSPS) is 35.1. The maximum Gasteiger partial charge on any atom is 0.123 e. The number of hydrogen-bond acceptors (Lipinski definition) is 2. The van der Waals surface area contributed by atoms with Gasteiger partial charge in [-0.15, -0.1) is 0 Å². The molecule has 3 nitrogen and oxygen atoms in total. The van der Waals surface area contributed by atoms with Crippen molar-refractivity contribution in [1.82, 2.24) is 9.78 Å². The highest BCUT2D eigenvalue weighted by Crippen LogP contribution is 2.64. The molecule has 2 aliphatic rings. The average molecular weight is 344 g/mol. The fraction of sp³-hybridized carbons (Fsp3) is 0.692. The van der Waals surface area contributed by atoms with E-state index in [-0.39, 0.29) is 0 Å². The van der Waals surface area contributed by atoms with E-state index >= 15 is 0 Å². The van der Waals surface area contributed by atoms with Crippen LogP contribution in [0.5, 0.6) is 0 Å². The minimum absolute atomic E-state index is 0.329. The molecule has 0 aliphatic heterocycles. The van der Waals surface area contributed by atoms with Crippen LogP contribution in [0, 0.1) is 21.5 Å². The summed E-state index contributed by atoms with van der Waals surface area (Å²) in [6, 6.07) is 2.65. The minimum atomic E-state index is 0.329. The highest BCUT2D eigenvalue weighted by molar-refractivity contribution is 14.1. The molecule has 2 aliphatic carbocycles. The van der Waals surface area contributed by atoms with E-state index < -0.39 is 0 Å². The summed E-state index contributed by atoms with van der Waals surface area (Å²) in [5.74, 6) is 2.49. The molecule has 0 N–H and O–H groups in total. The van der Waals surface area contributed by atoms with Gasteiger partial charge >= 0.3 is 0 Å². The van der Waals surface area contributed by atoms with E-state index in [1.165, 1.54) is 5.69 Å². The largest absolute Gasteiger partial charge is 0.303 e. The van der Waals surface area contributed by atoms with Crippen molar-refractivity contribution in [2.24, 2.45) is 17.8 Å². The molecule has 0 aromatic carbocycles. The monoisotopic (exact) mass is 344 g/mol. The van der Waals surface area contributed by atoms with Crippen molar-refractivity contribution in [2.75, 3.05) is 0 Å². The Kier molecular flexibility index (Phi) is 2.80. The Morgan fingerprint density at radius 3 is 2.65 bits per heavy atom. The third kappa shape index (κ3) is 1.84. The topological polar surface area (TPSA) is 34.9 Å². The zero-order valence-corrected chi connectivity index (χ0v) is 12.3. The smallest absolute Gasteiger partial charge is 0.123 e. The van der Waals surface area contributed by atoms with E-state index in [0.29, 0.717) is 17.9 Å². The van der Waals surface area contributed by atoms with Gasteiger partial charge in [-0.2, -0.15) is 5.10 Å². The molecule has 0 amide bonds. The number of aldehydes is 1. The maximum atomic E-state index is 10.8. The maximum absolute atomic E-state index is 10.8. The highest BCUT2D eigenvalue weighted by atomic mass is 127. The number of rotatable bonds is 3. The summed E-state index contributed by atoms with van der Waals surface area (Å²) in [6.45, 7) is 4.36.